The Kier molecular flexibility index (Phi) is 2.95. The van der Waals surface area contributed by atoms with E-state index in [1.54, 1.807) is 0 Å². The summed E-state index contributed by atoms with van der Waals surface area (Å²) in [6.07, 6.45) is 5.38. The molecule has 1 heterocycles. The molecule has 0 radical (unpaired) electrons. The van der Waals surface area contributed by atoms with Gasteiger partial charge in [-0.3, -0.25) is 0 Å². The number of rotatable bonds is 3. The zero-order chi connectivity index (χ0) is 12.4. The molecule has 17 heavy (non-hydrogen) atoms. The zero-order valence-electron chi connectivity index (χ0n) is 10.0. The van der Waals surface area contributed by atoms with Crippen molar-refractivity contribution in [2.24, 2.45) is 0 Å². The van der Waals surface area contributed by atoms with E-state index in [1.807, 2.05) is 11.9 Å². The summed E-state index contributed by atoms with van der Waals surface area (Å²) in [4.78, 5) is 13.8. The van der Waals surface area contributed by atoms with E-state index in [4.69, 9.17) is 11.5 Å². The number of hydrogen-bond acceptors (Lipinski definition) is 6. The van der Waals surface area contributed by atoms with Crippen LogP contribution in [0.5, 0.6) is 0 Å². The topological polar surface area (TPSA) is 94.0 Å². The maximum Gasteiger partial charge on any atom is 0.231 e. The molecule has 6 nitrogen and oxygen atoms in total. The lowest BCUT2D eigenvalue weighted by molar-refractivity contribution is 0.907. The lowest BCUT2D eigenvalue weighted by Gasteiger charge is -2.18. The standard InChI is InChI=1S/C11H16N6/c1-7-4-3-5-8(7)6-17(2)11-15-9(12)14-10(13)16-11/h4-5H,3,6H2,1-2H3,(H4,12,13,14,15,16). The van der Waals surface area contributed by atoms with E-state index < -0.39 is 0 Å². The summed E-state index contributed by atoms with van der Waals surface area (Å²) in [7, 11) is 1.90. The van der Waals surface area contributed by atoms with Gasteiger partial charge in [-0.25, -0.2) is 0 Å². The number of aromatic nitrogens is 3. The fourth-order valence-corrected chi connectivity index (χ4v) is 1.75. The monoisotopic (exact) mass is 232 g/mol. The van der Waals surface area contributed by atoms with E-state index in [2.05, 4.69) is 34.0 Å². The first-order valence-corrected chi connectivity index (χ1v) is 5.40. The van der Waals surface area contributed by atoms with Crippen molar-refractivity contribution in [2.45, 2.75) is 13.3 Å². The Labute approximate surface area is 100 Å². The number of likely N-dealkylation sites (N-methyl/N-ethyl adjacent to an activating group) is 1. The van der Waals surface area contributed by atoms with Gasteiger partial charge < -0.3 is 16.4 Å². The van der Waals surface area contributed by atoms with E-state index >= 15 is 0 Å². The number of nitrogens with two attached hydrogens (primary N) is 2. The van der Waals surface area contributed by atoms with E-state index in [-0.39, 0.29) is 11.9 Å². The molecule has 0 spiro atoms. The first-order chi connectivity index (χ1) is 8.06. The molecule has 0 saturated heterocycles. The van der Waals surface area contributed by atoms with E-state index in [0.29, 0.717) is 5.95 Å². The normalized spacial score (nSPS) is 14.5. The minimum absolute atomic E-state index is 0.145. The second kappa shape index (κ2) is 4.40. The third-order valence-electron chi connectivity index (χ3n) is 2.70. The number of nitrogens with zero attached hydrogens (tertiary/aromatic N) is 4. The van der Waals surface area contributed by atoms with Crippen LogP contribution in [0.2, 0.25) is 0 Å². The quantitative estimate of drug-likeness (QED) is 0.798. The Bertz CT molecular complexity index is 470. The van der Waals surface area contributed by atoms with Gasteiger partial charge in [0.2, 0.25) is 17.8 Å². The van der Waals surface area contributed by atoms with Crippen LogP contribution in [0.25, 0.3) is 0 Å². The third-order valence-corrected chi connectivity index (χ3v) is 2.70. The fourth-order valence-electron chi connectivity index (χ4n) is 1.75. The van der Waals surface area contributed by atoms with Crippen molar-refractivity contribution in [1.29, 1.82) is 0 Å². The highest BCUT2D eigenvalue weighted by Crippen LogP contribution is 2.20. The molecule has 6 heteroatoms. The van der Waals surface area contributed by atoms with Crippen LogP contribution in [0.1, 0.15) is 13.3 Å². The highest BCUT2D eigenvalue weighted by atomic mass is 15.3. The Balaban J connectivity index is 2.14. The highest BCUT2D eigenvalue weighted by Gasteiger charge is 2.12. The van der Waals surface area contributed by atoms with Gasteiger partial charge in [0.15, 0.2) is 0 Å². The molecular formula is C11H16N6. The van der Waals surface area contributed by atoms with Crippen molar-refractivity contribution < 1.29 is 0 Å². The van der Waals surface area contributed by atoms with Crippen molar-refractivity contribution >= 4 is 17.8 Å². The summed E-state index contributed by atoms with van der Waals surface area (Å²) < 4.78 is 0. The number of hydrogen-bond donors (Lipinski definition) is 2. The van der Waals surface area contributed by atoms with Gasteiger partial charge in [-0.1, -0.05) is 17.7 Å². The van der Waals surface area contributed by atoms with Gasteiger partial charge >= 0.3 is 0 Å². The maximum absolute atomic E-state index is 5.54. The van der Waals surface area contributed by atoms with Gasteiger partial charge in [0.05, 0.1) is 0 Å². The molecular weight excluding hydrogens is 216 g/mol. The fraction of sp³-hybridized carbons (Fsp3) is 0.364. The molecule has 0 aromatic carbocycles. The summed E-state index contributed by atoms with van der Waals surface area (Å²) in [6, 6.07) is 0. The predicted octanol–water partition coefficient (Wildman–Crippen LogP) is 0.749. The summed E-state index contributed by atoms with van der Waals surface area (Å²) >= 11 is 0. The second-order valence-corrected chi connectivity index (χ2v) is 4.06. The molecule has 1 aliphatic rings. The minimum atomic E-state index is 0.145. The van der Waals surface area contributed by atoms with Gasteiger partial charge in [-0.15, -0.1) is 0 Å². The Morgan fingerprint density at radius 3 is 2.35 bits per heavy atom. The average Bonchev–Trinajstić information content (AvgIpc) is 2.63. The summed E-state index contributed by atoms with van der Waals surface area (Å²) in [6.45, 7) is 2.84. The largest absolute Gasteiger partial charge is 0.368 e. The Hall–Kier alpha value is -2.11. The summed E-state index contributed by atoms with van der Waals surface area (Å²) in [5.74, 6) is 0.787. The smallest absolute Gasteiger partial charge is 0.231 e. The van der Waals surface area contributed by atoms with Gasteiger partial charge in [0, 0.05) is 13.6 Å². The van der Waals surface area contributed by atoms with Gasteiger partial charge in [0.25, 0.3) is 0 Å². The van der Waals surface area contributed by atoms with Crippen LogP contribution < -0.4 is 16.4 Å². The van der Waals surface area contributed by atoms with Crippen LogP contribution in [0, 0.1) is 0 Å². The second-order valence-electron chi connectivity index (χ2n) is 4.06. The molecule has 0 saturated carbocycles. The minimum Gasteiger partial charge on any atom is -0.368 e. The lowest BCUT2D eigenvalue weighted by atomic mass is 10.1. The molecule has 90 valence electrons. The van der Waals surface area contributed by atoms with Gasteiger partial charge in [0.1, 0.15) is 0 Å². The first kappa shape index (κ1) is 11.4. The van der Waals surface area contributed by atoms with Crippen LogP contribution in [-0.2, 0) is 0 Å². The van der Waals surface area contributed by atoms with Gasteiger partial charge in [-0.05, 0) is 18.9 Å². The zero-order valence-corrected chi connectivity index (χ0v) is 10.0. The molecule has 0 aliphatic heterocycles. The molecule has 1 aromatic rings. The first-order valence-electron chi connectivity index (χ1n) is 5.40. The Morgan fingerprint density at radius 2 is 1.82 bits per heavy atom. The summed E-state index contributed by atoms with van der Waals surface area (Å²) in [5.41, 5.74) is 13.7. The molecule has 0 bridgehead atoms. The highest BCUT2D eigenvalue weighted by molar-refractivity contribution is 5.44. The van der Waals surface area contributed by atoms with E-state index in [1.165, 1.54) is 11.1 Å². The van der Waals surface area contributed by atoms with E-state index in [0.717, 1.165) is 13.0 Å². The number of nitrogen functional groups attached to an aromatic ring is 2. The molecule has 2 rings (SSSR count). The van der Waals surface area contributed by atoms with Crippen LogP contribution in [-0.4, -0.2) is 28.5 Å². The molecule has 0 unspecified atom stereocenters. The molecule has 1 aliphatic carbocycles. The van der Waals surface area contributed by atoms with Crippen LogP contribution in [0.4, 0.5) is 17.8 Å². The summed E-state index contributed by atoms with van der Waals surface area (Å²) in [5, 5.41) is 0. The SMILES string of the molecule is CC1=CCC=C1CN(C)c1nc(N)nc(N)n1. The molecule has 1 aromatic heterocycles. The van der Waals surface area contributed by atoms with Crippen molar-refractivity contribution in [2.75, 3.05) is 30.0 Å². The van der Waals surface area contributed by atoms with Crippen molar-refractivity contribution in [3.05, 3.63) is 23.3 Å². The Morgan fingerprint density at radius 1 is 1.18 bits per heavy atom. The van der Waals surface area contributed by atoms with Crippen molar-refractivity contribution in [1.82, 2.24) is 15.0 Å². The molecule has 0 amide bonds. The average molecular weight is 232 g/mol. The van der Waals surface area contributed by atoms with Gasteiger partial charge in [-0.2, -0.15) is 15.0 Å². The van der Waals surface area contributed by atoms with Crippen LogP contribution in [0.3, 0.4) is 0 Å². The van der Waals surface area contributed by atoms with Crippen LogP contribution in [0.15, 0.2) is 23.3 Å². The lowest BCUT2D eigenvalue weighted by Crippen LogP contribution is -2.23. The van der Waals surface area contributed by atoms with Crippen molar-refractivity contribution in [3.63, 3.8) is 0 Å². The maximum atomic E-state index is 5.54. The third kappa shape index (κ3) is 2.52. The number of allylic oxidation sites excluding steroid dienone is 2. The molecule has 0 atom stereocenters. The van der Waals surface area contributed by atoms with E-state index in [9.17, 15) is 0 Å². The van der Waals surface area contributed by atoms with Crippen molar-refractivity contribution in [3.8, 4) is 0 Å². The number of anilines is 3. The molecule has 4 N–H and O–H groups in total. The molecule has 0 fully saturated rings. The predicted molar refractivity (Wildman–Crippen MR) is 68.4 cm³/mol. The van der Waals surface area contributed by atoms with Crippen LogP contribution >= 0.6 is 0 Å².